The van der Waals surface area contributed by atoms with Crippen molar-refractivity contribution in [3.63, 3.8) is 0 Å². The monoisotopic (exact) mass is 276 g/mol. The molecule has 3 N–H and O–H groups in total. The number of aliphatic imine (C=N–C) groups is 1. The van der Waals surface area contributed by atoms with Gasteiger partial charge in [-0.2, -0.15) is 0 Å². The first-order valence-electron chi connectivity index (χ1n) is 6.80. The highest BCUT2D eigenvalue weighted by Crippen LogP contribution is 2.18. The van der Waals surface area contributed by atoms with Crippen LogP contribution in [0.4, 0.5) is 0 Å². The number of nitrogens with zero attached hydrogens (tertiary/aromatic N) is 1. The van der Waals surface area contributed by atoms with Crippen molar-refractivity contribution in [3.05, 3.63) is 77.9 Å². The van der Waals surface area contributed by atoms with Crippen LogP contribution in [-0.2, 0) is 6.54 Å². The lowest BCUT2D eigenvalue weighted by molar-refractivity contribution is 0.468. The Balaban J connectivity index is 1.87. The first-order chi connectivity index (χ1) is 10.2. The van der Waals surface area contributed by atoms with E-state index in [1.54, 1.807) is 12.1 Å². The molecule has 0 aliphatic heterocycles. The minimum Gasteiger partial charge on any atom is -0.508 e. The number of phenolic OH excluding ortho intramolecular Hbond substituents is 1. The zero-order valence-corrected chi connectivity index (χ0v) is 11.5. The molecule has 0 saturated heterocycles. The van der Waals surface area contributed by atoms with Gasteiger partial charge in [0.1, 0.15) is 11.6 Å². The van der Waals surface area contributed by atoms with E-state index in [1.165, 1.54) is 5.39 Å². The molecule has 0 saturated carbocycles. The summed E-state index contributed by atoms with van der Waals surface area (Å²) in [6.07, 6.45) is 0. The zero-order chi connectivity index (χ0) is 14.7. The van der Waals surface area contributed by atoms with Crippen LogP contribution in [0, 0.1) is 0 Å². The van der Waals surface area contributed by atoms with Crippen LogP contribution in [0.2, 0.25) is 0 Å². The largest absolute Gasteiger partial charge is 0.508 e. The molecule has 0 radical (unpaired) electrons. The lowest BCUT2D eigenvalue weighted by atomic mass is 10.1. The molecule has 3 heteroatoms. The number of benzene rings is 3. The molecule has 0 amide bonds. The second kappa shape index (κ2) is 5.67. The number of amidine groups is 1. The van der Waals surface area contributed by atoms with Gasteiger partial charge in [-0.25, -0.2) is 0 Å². The van der Waals surface area contributed by atoms with Crippen LogP contribution in [0.3, 0.4) is 0 Å². The van der Waals surface area contributed by atoms with E-state index in [2.05, 4.69) is 17.1 Å². The second-order valence-electron chi connectivity index (χ2n) is 4.89. The van der Waals surface area contributed by atoms with E-state index in [1.807, 2.05) is 42.5 Å². The maximum atomic E-state index is 9.73. The van der Waals surface area contributed by atoms with E-state index in [0.29, 0.717) is 12.4 Å². The lowest BCUT2D eigenvalue weighted by Crippen LogP contribution is -2.13. The molecule has 0 atom stereocenters. The SMILES string of the molecule is NC(=NCc1ccccc1O)c1ccc2ccccc2c1. The molecular weight excluding hydrogens is 260 g/mol. The topological polar surface area (TPSA) is 58.6 Å². The Morgan fingerprint density at radius 3 is 2.43 bits per heavy atom. The van der Waals surface area contributed by atoms with E-state index in [0.717, 1.165) is 16.5 Å². The summed E-state index contributed by atoms with van der Waals surface area (Å²) >= 11 is 0. The highest BCUT2D eigenvalue weighted by Gasteiger charge is 2.02. The third-order valence-electron chi connectivity index (χ3n) is 3.46. The van der Waals surface area contributed by atoms with E-state index in [9.17, 15) is 5.11 Å². The summed E-state index contributed by atoms with van der Waals surface area (Å²) < 4.78 is 0. The molecule has 0 unspecified atom stereocenters. The van der Waals surface area contributed by atoms with Crippen molar-refractivity contribution in [1.82, 2.24) is 0 Å². The van der Waals surface area contributed by atoms with Crippen LogP contribution in [0.5, 0.6) is 5.75 Å². The van der Waals surface area contributed by atoms with Crippen LogP contribution in [0.1, 0.15) is 11.1 Å². The average Bonchev–Trinajstić information content (AvgIpc) is 2.53. The molecule has 3 aromatic carbocycles. The number of hydrogen-bond donors (Lipinski definition) is 2. The number of rotatable bonds is 3. The molecule has 0 bridgehead atoms. The summed E-state index contributed by atoms with van der Waals surface area (Å²) in [5, 5.41) is 12.0. The van der Waals surface area contributed by atoms with Crippen molar-refractivity contribution in [2.45, 2.75) is 6.54 Å². The maximum absolute atomic E-state index is 9.73. The van der Waals surface area contributed by atoms with Crippen molar-refractivity contribution in [2.24, 2.45) is 10.7 Å². The maximum Gasteiger partial charge on any atom is 0.125 e. The Morgan fingerprint density at radius 2 is 1.62 bits per heavy atom. The molecule has 3 rings (SSSR count). The van der Waals surface area contributed by atoms with Crippen LogP contribution >= 0.6 is 0 Å². The summed E-state index contributed by atoms with van der Waals surface area (Å²) in [4.78, 5) is 4.37. The number of fused-ring (bicyclic) bond motifs is 1. The van der Waals surface area contributed by atoms with Crippen molar-refractivity contribution in [2.75, 3.05) is 0 Å². The smallest absolute Gasteiger partial charge is 0.125 e. The van der Waals surface area contributed by atoms with Gasteiger partial charge < -0.3 is 10.8 Å². The second-order valence-corrected chi connectivity index (χ2v) is 4.89. The van der Waals surface area contributed by atoms with E-state index in [4.69, 9.17) is 5.73 Å². The van der Waals surface area contributed by atoms with Gasteiger partial charge in [-0.3, -0.25) is 4.99 Å². The Labute approximate surface area is 123 Å². The van der Waals surface area contributed by atoms with Crippen LogP contribution in [0.25, 0.3) is 10.8 Å². The van der Waals surface area contributed by atoms with Crippen molar-refractivity contribution in [1.29, 1.82) is 0 Å². The normalized spacial score (nSPS) is 11.7. The third-order valence-corrected chi connectivity index (χ3v) is 3.46. The third kappa shape index (κ3) is 2.87. The van der Waals surface area contributed by atoms with E-state index in [-0.39, 0.29) is 5.75 Å². The molecule has 3 nitrogen and oxygen atoms in total. The number of phenols is 1. The fourth-order valence-corrected chi connectivity index (χ4v) is 2.25. The Morgan fingerprint density at radius 1 is 0.905 bits per heavy atom. The van der Waals surface area contributed by atoms with Gasteiger partial charge in [0.05, 0.1) is 6.54 Å². The fourth-order valence-electron chi connectivity index (χ4n) is 2.25. The predicted molar refractivity (Wildman–Crippen MR) is 86.5 cm³/mol. The van der Waals surface area contributed by atoms with Crippen molar-refractivity contribution < 1.29 is 5.11 Å². The van der Waals surface area contributed by atoms with Gasteiger partial charge in [-0.1, -0.05) is 54.6 Å². The summed E-state index contributed by atoms with van der Waals surface area (Å²) in [5.74, 6) is 0.719. The van der Waals surface area contributed by atoms with Gasteiger partial charge in [0.2, 0.25) is 0 Å². The first-order valence-corrected chi connectivity index (χ1v) is 6.80. The summed E-state index contributed by atoms with van der Waals surface area (Å²) in [6.45, 7) is 0.366. The highest BCUT2D eigenvalue weighted by molar-refractivity contribution is 6.01. The van der Waals surface area contributed by atoms with Crippen molar-refractivity contribution in [3.8, 4) is 5.75 Å². The summed E-state index contributed by atoms with van der Waals surface area (Å²) in [6, 6.07) is 21.3. The highest BCUT2D eigenvalue weighted by atomic mass is 16.3. The molecule has 0 spiro atoms. The molecule has 104 valence electrons. The molecule has 21 heavy (non-hydrogen) atoms. The standard InChI is InChI=1S/C18H16N2O/c19-18(20-12-16-7-3-4-8-17(16)21)15-10-9-13-5-1-2-6-14(13)11-15/h1-11,21H,12H2,(H2,19,20). The van der Waals surface area contributed by atoms with Gasteiger partial charge in [0.25, 0.3) is 0 Å². The quantitative estimate of drug-likeness (QED) is 0.568. The van der Waals surface area contributed by atoms with Crippen LogP contribution in [0.15, 0.2) is 71.7 Å². The van der Waals surface area contributed by atoms with Gasteiger partial charge in [-0.05, 0) is 22.9 Å². The van der Waals surface area contributed by atoms with Crippen molar-refractivity contribution >= 4 is 16.6 Å². The molecule has 0 fully saturated rings. The summed E-state index contributed by atoms with van der Waals surface area (Å²) in [7, 11) is 0. The Hall–Kier alpha value is -2.81. The number of aromatic hydroxyl groups is 1. The minimum atomic E-state index is 0.243. The zero-order valence-electron chi connectivity index (χ0n) is 11.5. The molecule has 0 aliphatic rings. The number of hydrogen-bond acceptors (Lipinski definition) is 2. The molecule has 3 aromatic rings. The molecule has 0 aliphatic carbocycles. The van der Waals surface area contributed by atoms with Crippen LogP contribution < -0.4 is 5.73 Å². The van der Waals surface area contributed by atoms with Crippen LogP contribution in [-0.4, -0.2) is 10.9 Å². The molecule has 0 aromatic heterocycles. The Kier molecular flexibility index (Phi) is 3.56. The van der Waals surface area contributed by atoms with Gasteiger partial charge in [-0.15, -0.1) is 0 Å². The van der Waals surface area contributed by atoms with Gasteiger partial charge in [0, 0.05) is 11.1 Å². The van der Waals surface area contributed by atoms with Gasteiger partial charge in [0.15, 0.2) is 0 Å². The predicted octanol–water partition coefficient (Wildman–Crippen LogP) is 3.45. The Bertz CT molecular complexity index is 809. The summed E-state index contributed by atoms with van der Waals surface area (Å²) in [5.41, 5.74) is 7.71. The van der Waals surface area contributed by atoms with E-state index < -0.39 is 0 Å². The number of para-hydroxylation sites is 1. The minimum absolute atomic E-state index is 0.243. The first kappa shape index (κ1) is 13.2. The average molecular weight is 276 g/mol. The van der Waals surface area contributed by atoms with Gasteiger partial charge >= 0.3 is 0 Å². The lowest BCUT2D eigenvalue weighted by Gasteiger charge is -2.05. The number of nitrogens with two attached hydrogens (primary N) is 1. The van der Waals surface area contributed by atoms with E-state index >= 15 is 0 Å². The fraction of sp³-hybridized carbons (Fsp3) is 0.0556. The molecular formula is C18H16N2O. The molecule has 0 heterocycles.